The molecule has 0 heterocycles. The summed E-state index contributed by atoms with van der Waals surface area (Å²) in [4.78, 5) is 23.1. The molecule has 1 aromatic rings. The van der Waals surface area contributed by atoms with Gasteiger partial charge < -0.3 is 9.94 Å². The lowest BCUT2D eigenvalue weighted by atomic mass is 10.2. The average molecular weight is 313 g/mol. The number of oxime groups is 1. The van der Waals surface area contributed by atoms with E-state index < -0.39 is 34.8 Å². The third-order valence-electron chi connectivity index (χ3n) is 2.43. The number of hydrazone groups is 1. The summed E-state index contributed by atoms with van der Waals surface area (Å²) in [7, 11) is 0. The zero-order chi connectivity index (χ0) is 16.7. The lowest BCUT2D eigenvalue weighted by molar-refractivity contribution is -0.134. The van der Waals surface area contributed by atoms with Crippen molar-refractivity contribution in [2.45, 2.75) is 13.8 Å². The Bertz CT molecular complexity index is 624. The number of carbonyl (C=O) groups excluding carboxylic acids is 2. The summed E-state index contributed by atoms with van der Waals surface area (Å²) in [6, 6.07) is 2.93. The molecular weight excluding hydrogens is 300 g/mol. The van der Waals surface area contributed by atoms with Gasteiger partial charge in [0.2, 0.25) is 5.71 Å². The molecule has 0 aliphatic rings. The molecule has 0 bridgehead atoms. The van der Waals surface area contributed by atoms with Gasteiger partial charge in [-0.2, -0.15) is 5.10 Å². The van der Waals surface area contributed by atoms with E-state index in [4.69, 9.17) is 5.21 Å². The lowest BCUT2D eigenvalue weighted by Crippen LogP contribution is -2.28. The van der Waals surface area contributed by atoms with Crippen LogP contribution in [0.3, 0.4) is 0 Å². The standard InChI is InChI=1S/C13H13F2N3O4/c1-3-22-13(20)11(18-21)7(2)16-17-12(19)10-8(14)5-4-6-9(10)15/h4-6,21H,3H2,1-2H3,(H,17,19)/b16-7-,18-11+. The molecule has 0 spiro atoms. The predicted molar refractivity (Wildman–Crippen MR) is 72.8 cm³/mol. The molecule has 0 radical (unpaired) electrons. The molecule has 0 aliphatic carbocycles. The molecule has 0 aliphatic heterocycles. The first kappa shape index (κ1) is 17.2. The second kappa shape index (κ2) is 7.81. The minimum atomic E-state index is -1.16. The first-order valence-corrected chi connectivity index (χ1v) is 6.10. The van der Waals surface area contributed by atoms with Crippen LogP contribution in [0.25, 0.3) is 0 Å². The molecule has 0 unspecified atom stereocenters. The number of amides is 1. The molecule has 1 rings (SSSR count). The van der Waals surface area contributed by atoms with Gasteiger partial charge >= 0.3 is 5.97 Å². The Balaban J connectivity index is 2.91. The molecule has 9 heteroatoms. The van der Waals surface area contributed by atoms with E-state index in [1.54, 1.807) is 6.92 Å². The molecule has 1 amide bonds. The van der Waals surface area contributed by atoms with Crippen LogP contribution in [0.15, 0.2) is 28.5 Å². The molecular formula is C13H13F2N3O4. The van der Waals surface area contributed by atoms with Gasteiger partial charge in [0.15, 0.2) is 0 Å². The summed E-state index contributed by atoms with van der Waals surface area (Å²) < 4.78 is 31.4. The Labute approximate surface area is 124 Å². The third kappa shape index (κ3) is 4.08. The van der Waals surface area contributed by atoms with Gasteiger partial charge in [-0.15, -0.1) is 0 Å². The van der Waals surface area contributed by atoms with E-state index in [9.17, 15) is 18.4 Å². The van der Waals surface area contributed by atoms with Crippen LogP contribution in [0.4, 0.5) is 8.78 Å². The Kier molecular flexibility index (Phi) is 6.11. The highest BCUT2D eigenvalue weighted by Crippen LogP contribution is 2.11. The molecule has 0 aromatic heterocycles. The minimum Gasteiger partial charge on any atom is -0.461 e. The fraction of sp³-hybridized carbons (Fsp3) is 0.231. The van der Waals surface area contributed by atoms with E-state index >= 15 is 0 Å². The van der Waals surface area contributed by atoms with Crippen molar-refractivity contribution >= 4 is 23.3 Å². The fourth-order valence-corrected chi connectivity index (χ4v) is 1.42. The third-order valence-corrected chi connectivity index (χ3v) is 2.43. The van der Waals surface area contributed by atoms with Crippen molar-refractivity contribution in [3.8, 4) is 0 Å². The van der Waals surface area contributed by atoms with Gasteiger partial charge in [0, 0.05) is 0 Å². The summed E-state index contributed by atoms with van der Waals surface area (Å²) in [5.41, 5.74) is 0.292. The van der Waals surface area contributed by atoms with Gasteiger partial charge in [0.1, 0.15) is 17.2 Å². The highest BCUT2D eigenvalue weighted by atomic mass is 19.1. The van der Waals surface area contributed by atoms with Crippen LogP contribution in [0.1, 0.15) is 24.2 Å². The van der Waals surface area contributed by atoms with Crippen LogP contribution >= 0.6 is 0 Å². The van der Waals surface area contributed by atoms with Gasteiger partial charge in [0.25, 0.3) is 5.91 Å². The molecule has 1 aromatic carbocycles. The summed E-state index contributed by atoms with van der Waals surface area (Å²) in [6.45, 7) is 2.82. The fourth-order valence-electron chi connectivity index (χ4n) is 1.42. The topological polar surface area (TPSA) is 100 Å². The smallest absolute Gasteiger partial charge is 0.362 e. The highest BCUT2D eigenvalue weighted by molar-refractivity contribution is 6.65. The zero-order valence-corrected chi connectivity index (χ0v) is 11.8. The van der Waals surface area contributed by atoms with Gasteiger partial charge in [-0.05, 0) is 26.0 Å². The van der Waals surface area contributed by atoms with Crippen molar-refractivity contribution in [3.05, 3.63) is 35.4 Å². The largest absolute Gasteiger partial charge is 0.461 e. The minimum absolute atomic E-state index is 0.0396. The summed E-state index contributed by atoms with van der Waals surface area (Å²) in [5.74, 6) is -4.24. The number of rotatable bonds is 5. The van der Waals surface area contributed by atoms with E-state index in [0.29, 0.717) is 0 Å². The lowest BCUT2D eigenvalue weighted by Gasteiger charge is -2.05. The monoisotopic (exact) mass is 313 g/mol. The first-order chi connectivity index (χ1) is 10.4. The van der Waals surface area contributed by atoms with Crippen molar-refractivity contribution in [2.24, 2.45) is 10.3 Å². The number of carbonyl (C=O) groups is 2. The summed E-state index contributed by atoms with van der Waals surface area (Å²) in [5, 5.41) is 14.9. The molecule has 22 heavy (non-hydrogen) atoms. The molecule has 7 nitrogen and oxygen atoms in total. The zero-order valence-electron chi connectivity index (χ0n) is 11.8. The number of ether oxygens (including phenoxy) is 1. The number of hydrogen-bond acceptors (Lipinski definition) is 6. The van der Waals surface area contributed by atoms with Crippen molar-refractivity contribution in [1.82, 2.24) is 5.43 Å². The number of nitrogens with one attached hydrogen (secondary N) is 1. The quantitative estimate of drug-likeness (QED) is 0.372. The molecule has 118 valence electrons. The predicted octanol–water partition coefficient (Wildman–Crippen LogP) is 1.46. The van der Waals surface area contributed by atoms with Crippen LogP contribution in [0, 0.1) is 11.6 Å². The van der Waals surface area contributed by atoms with Crippen LogP contribution in [-0.4, -0.2) is 35.1 Å². The first-order valence-electron chi connectivity index (χ1n) is 6.10. The van der Waals surface area contributed by atoms with E-state index in [2.05, 4.69) is 15.0 Å². The molecule has 2 N–H and O–H groups in total. The normalized spacial score (nSPS) is 12.0. The summed E-state index contributed by atoms with van der Waals surface area (Å²) >= 11 is 0. The summed E-state index contributed by atoms with van der Waals surface area (Å²) in [6.07, 6.45) is 0. The average Bonchev–Trinajstić information content (AvgIpc) is 2.46. The Morgan fingerprint density at radius 3 is 2.41 bits per heavy atom. The molecule has 0 saturated heterocycles. The number of hydrogen-bond donors (Lipinski definition) is 2. The van der Waals surface area contributed by atoms with Crippen LogP contribution < -0.4 is 5.43 Å². The van der Waals surface area contributed by atoms with Gasteiger partial charge in [-0.25, -0.2) is 19.0 Å². The highest BCUT2D eigenvalue weighted by Gasteiger charge is 2.19. The Hall–Kier alpha value is -2.84. The van der Waals surface area contributed by atoms with Crippen molar-refractivity contribution in [1.29, 1.82) is 0 Å². The Morgan fingerprint density at radius 2 is 1.91 bits per heavy atom. The second-order valence-corrected chi connectivity index (χ2v) is 3.90. The van der Waals surface area contributed by atoms with E-state index in [0.717, 1.165) is 18.2 Å². The molecule has 0 atom stereocenters. The SMILES string of the molecule is CCOC(=O)C(=N/O)/C(C)=N\NC(=O)c1c(F)cccc1F. The van der Waals surface area contributed by atoms with Crippen molar-refractivity contribution < 1.29 is 28.3 Å². The Morgan fingerprint density at radius 1 is 1.32 bits per heavy atom. The number of halogens is 2. The van der Waals surface area contributed by atoms with Gasteiger partial charge in [0.05, 0.1) is 12.3 Å². The van der Waals surface area contributed by atoms with Crippen molar-refractivity contribution in [2.75, 3.05) is 6.61 Å². The second-order valence-electron chi connectivity index (χ2n) is 3.90. The van der Waals surface area contributed by atoms with E-state index in [1.807, 2.05) is 5.43 Å². The molecule has 0 saturated carbocycles. The number of nitrogens with zero attached hydrogens (tertiary/aromatic N) is 2. The maximum Gasteiger partial charge on any atom is 0.362 e. The maximum atomic E-state index is 13.4. The van der Waals surface area contributed by atoms with E-state index in [1.165, 1.54) is 6.92 Å². The molecule has 0 fully saturated rings. The number of benzene rings is 1. The van der Waals surface area contributed by atoms with Gasteiger partial charge in [-0.3, -0.25) is 4.79 Å². The maximum absolute atomic E-state index is 13.4. The number of esters is 1. The van der Waals surface area contributed by atoms with Crippen LogP contribution in [0.5, 0.6) is 0 Å². The van der Waals surface area contributed by atoms with Crippen LogP contribution in [-0.2, 0) is 9.53 Å². The van der Waals surface area contributed by atoms with Crippen molar-refractivity contribution in [3.63, 3.8) is 0 Å². The van der Waals surface area contributed by atoms with Gasteiger partial charge in [-0.1, -0.05) is 11.2 Å². The van der Waals surface area contributed by atoms with E-state index in [-0.39, 0.29) is 12.3 Å². The van der Waals surface area contributed by atoms with Crippen LogP contribution in [0.2, 0.25) is 0 Å².